The average molecular weight is 570 g/mol. The van der Waals surface area contributed by atoms with Gasteiger partial charge in [-0.1, -0.05) is 0 Å². The summed E-state index contributed by atoms with van der Waals surface area (Å²) in [5, 5.41) is 55.3. The summed E-state index contributed by atoms with van der Waals surface area (Å²) < 4.78 is 0.421. The summed E-state index contributed by atoms with van der Waals surface area (Å²) in [7, 11) is 2.93. The average Bonchev–Trinajstić information content (AvgIpc) is 2.71. The van der Waals surface area contributed by atoms with E-state index >= 15 is 0 Å². The molecule has 3 aliphatic rings. The Morgan fingerprint density at radius 2 is 1.85 bits per heavy atom. The lowest BCUT2D eigenvalue weighted by Crippen LogP contribution is -2.70. The van der Waals surface area contributed by atoms with Gasteiger partial charge >= 0.3 is 0 Å². The molecule has 1 aromatic rings. The van der Waals surface area contributed by atoms with Crippen LogP contribution < -0.4 is 5.73 Å². The van der Waals surface area contributed by atoms with Gasteiger partial charge in [0.1, 0.15) is 22.8 Å². The number of aliphatic hydroxyl groups is 4. The zero-order chi connectivity index (χ0) is 24.7. The van der Waals surface area contributed by atoms with E-state index in [9.17, 15) is 39.9 Å². The van der Waals surface area contributed by atoms with Crippen molar-refractivity contribution < 1.29 is 39.9 Å². The van der Waals surface area contributed by atoms with Crippen molar-refractivity contribution in [2.24, 2.45) is 17.6 Å². The predicted molar refractivity (Wildman–Crippen MR) is 123 cm³/mol. The molecule has 0 aromatic heterocycles. The number of nitrogens with zero attached hydrogens (tertiary/aromatic N) is 1. The van der Waals surface area contributed by atoms with Gasteiger partial charge in [-0.25, -0.2) is 0 Å². The van der Waals surface area contributed by atoms with Gasteiger partial charge in [-0.3, -0.25) is 19.3 Å². The quantitative estimate of drug-likeness (QED) is 0.208. The molecular formula is C22H23IN2O8. The van der Waals surface area contributed by atoms with E-state index in [2.05, 4.69) is 0 Å². The van der Waals surface area contributed by atoms with Crippen molar-refractivity contribution in [2.75, 3.05) is 14.1 Å². The number of Topliss-reactive ketones (excluding diaryl/α,β-unsaturated/α-hetero) is 2. The largest absolute Gasteiger partial charge is 0.508 e. The molecule has 10 nitrogen and oxygen atoms in total. The van der Waals surface area contributed by atoms with Gasteiger partial charge in [0.25, 0.3) is 5.91 Å². The number of ketones is 2. The lowest BCUT2D eigenvalue weighted by molar-refractivity contribution is -0.168. The third kappa shape index (κ3) is 2.92. The molecule has 176 valence electrons. The first-order chi connectivity index (χ1) is 15.3. The van der Waals surface area contributed by atoms with Gasteiger partial charge in [-0.2, -0.15) is 0 Å². The van der Waals surface area contributed by atoms with Crippen molar-refractivity contribution in [2.45, 2.75) is 31.1 Å². The molecule has 1 aromatic carbocycles. The first-order valence-electron chi connectivity index (χ1n) is 10.1. The Bertz CT molecular complexity index is 1200. The summed E-state index contributed by atoms with van der Waals surface area (Å²) in [5.74, 6) is -8.17. The van der Waals surface area contributed by atoms with E-state index in [4.69, 9.17) is 5.73 Å². The minimum absolute atomic E-state index is 0.00268. The van der Waals surface area contributed by atoms with Crippen LogP contribution in [0.3, 0.4) is 0 Å². The fraction of sp³-hybridized carbons (Fsp3) is 0.409. The maximum absolute atomic E-state index is 13.7. The highest BCUT2D eigenvalue weighted by Crippen LogP contribution is 2.53. The van der Waals surface area contributed by atoms with Crippen LogP contribution in [0, 0.1) is 22.3 Å². The Kier molecular flexibility index (Phi) is 5.39. The number of hydrogen-bond donors (Lipinski definition) is 6. The molecule has 4 rings (SSSR count). The van der Waals surface area contributed by atoms with Crippen LogP contribution in [0.25, 0.3) is 5.76 Å². The number of rotatable bonds is 2. The minimum Gasteiger partial charge on any atom is -0.508 e. The molecule has 1 fully saturated rings. The summed E-state index contributed by atoms with van der Waals surface area (Å²) in [6, 6.07) is 0.338. The number of phenols is 1. The van der Waals surface area contributed by atoms with Gasteiger partial charge in [0.15, 0.2) is 11.4 Å². The van der Waals surface area contributed by atoms with Crippen LogP contribution in [0.5, 0.6) is 5.75 Å². The van der Waals surface area contributed by atoms with E-state index in [1.165, 1.54) is 19.0 Å². The van der Waals surface area contributed by atoms with E-state index in [0.29, 0.717) is 14.7 Å². The molecule has 0 heterocycles. The number of phenolic OH excluding ortho intramolecular Hbond substituents is 1. The molecule has 7 N–H and O–H groups in total. The molecule has 4 unspecified atom stereocenters. The first-order valence-corrected chi connectivity index (χ1v) is 11.2. The summed E-state index contributed by atoms with van der Waals surface area (Å²) in [4.78, 5) is 40.0. The van der Waals surface area contributed by atoms with Crippen LogP contribution in [-0.4, -0.2) is 79.7 Å². The molecule has 33 heavy (non-hydrogen) atoms. The maximum Gasteiger partial charge on any atom is 0.255 e. The summed E-state index contributed by atoms with van der Waals surface area (Å²) in [5.41, 5.74) is 2.27. The van der Waals surface area contributed by atoms with Crippen LogP contribution >= 0.6 is 22.6 Å². The van der Waals surface area contributed by atoms with Crippen LogP contribution in [0.15, 0.2) is 23.0 Å². The Morgan fingerprint density at radius 1 is 1.24 bits per heavy atom. The predicted octanol–water partition coefficient (Wildman–Crippen LogP) is -0.152. The zero-order valence-corrected chi connectivity index (χ0v) is 20.1. The van der Waals surface area contributed by atoms with Crippen molar-refractivity contribution in [3.05, 3.63) is 43.2 Å². The fourth-order valence-electron chi connectivity index (χ4n) is 5.47. The molecule has 5 atom stereocenters. The third-order valence-corrected chi connectivity index (χ3v) is 7.80. The number of fused-ring (bicyclic) bond motifs is 3. The second kappa shape index (κ2) is 7.52. The lowest BCUT2D eigenvalue weighted by Gasteiger charge is -2.52. The van der Waals surface area contributed by atoms with Gasteiger partial charge in [0.05, 0.1) is 27.2 Å². The van der Waals surface area contributed by atoms with Gasteiger partial charge < -0.3 is 31.3 Å². The SMILES string of the molecule is Cc1cc(I)c(O)c2c1CC1C(=C2O)C(=O)[C@]2(O)C(O)=C(C(N)=O)C(=O)C(N(C)C)C2C1O. The highest BCUT2D eigenvalue weighted by atomic mass is 127. The van der Waals surface area contributed by atoms with E-state index in [1.807, 2.05) is 22.6 Å². The van der Waals surface area contributed by atoms with E-state index < -0.39 is 69.7 Å². The van der Waals surface area contributed by atoms with E-state index in [-0.39, 0.29) is 17.7 Å². The molecule has 0 aliphatic heterocycles. The second-order valence-corrected chi connectivity index (χ2v) is 10.1. The van der Waals surface area contributed by atoms with Crippen molar-refractivity contribution in [1.29, 1.82) is 0 Å². The third-order valence-electron chi connectivity index (χ3n) is 6.98. The molecule has 0 radical (unpaired) electrons. The van der Waals surface area contributed by atoms with Crippen LogP contribution in [0.4, 0.5) is 0 Å². The number of aromatic hydroxyl groups is 1. The van der Waals surface area contributed by atoms with Gasteiger partial charge in [-0.05, 0) is 67.2 Å². The van der Waals surface area contributed by atoms with Crippen molar-refractivity contribution >= 4 is 45.8 Å². The molecule has 1 saturated carbocycles. The Balaban J connectivity index is 2.06. The van der Waals surface area contributed by atoms with Crippen molar-refractivity contribution in [3.63, 3.8) is 0 Å². The number of halogens is 1. The summed E-state index contributed by atoms with van der Waals surface area (Å²) in [6.45, 7) is 1.76. The normalized spacial score (nSPS) is 31.5. The zero-order valence-electron chi connectivity index (χ0n) is 18.0. The Hall–Kier alpha value is -2.48. The van der Waals surface area contributed by atoms with Crippen molar-refractivity contribution in [1.82, 2.24) is 4.90 Å². The standard InChI is InChI=1S/C22H23IN2O8/c1-6-4-9(23)16(27)10-7(6)5-8-11(17(10)28)19(30)22(33)13(15(8)26)14(25(2)3)18(29)12(20(22)31)21(24)32/h4,8,13-15,26-28,31,33H,5H2,1-3H3,(H2,24,32)/t8?,13?,14?,15?,22-/m0/s1. The molecule has 0 saturated heterocycles. The number of aryl methyl sites for hydroxylation is 1. The summed E-state index contributed by atoms with van der Waals surface area (Å²) >= 11 is 1.87. The number of primary amides is 1. The minimum atomic E-state index is -2.89. The number of carbonyl (C=O) groups is 3. The molecule has 11 heteroatoms. The monoisotopic (exact) mass is 570 g/mol. The van der Waals surface area contributed by atoms with Crippen LogP contribution in [0.2, 0.25) is 0 Å². The number of amides is 1. The highest BCUT2D eigenvalue weighted by Gasteiger charge is 2.67. The highest BCUT2D eigenvalue weighted by molar-refractivity contribution is 14.1. The lowest BCUT2D eigenvalue weighted by atomic mass is 9.56. The maximum atomic E-state index is 13.7. The van der Waals surface area contributed by atoms with Gasteiger partial charge in [0, 0.05) is 11.5 Å². The summed E-state index contributed by atoms with van der Waals surface area (Å²) in [6.07, 6.45) is -1.54. The molecule has 1 amide bonds. The smallest absolute Gasteiger partial charge is 0.255 e. The number of hydrogen-bond acceptors (Lipinski definition) is 9. The molecule has 3 aliphatic carbocycles. The number of carbonyl (C=O) groups excluding carboxylic acids is 3. The number of aliphatic hydroxyl groups excluding tert-OH is 3. The van der Waals surface area contributed by atoms with Crippen molar-refractivity contribution in [3.8, 4) is 5.75 Å². The second-order valence-electron chi connectivity index (χ2n) is 8.92. The topological polar surface area (TPSA) is 182 Å². The number of likely N-dealkylation sites (N-methyl/N-ethyl adjacent to an activating group) is 1. The van der Waals surface area contributed by atoms with Crippen LogP contribution in [-0.2, 0) is 20.8 Å². The Labute approximate surface area is 202 Å². The first kappa shape index (κ1) is 23.7. The number of nitrogens with two attached hydrogens (primary N) is 1. The van der Waals surface area contributed by atoms with E-state index in [0.717, 1.165) is 0 Å². The Morgan fingerprint density at radius 3 is 2.39 bits per heavy atom. The van der Waals surface area contributed by atoms with Gasteiger partial charge in [0.2, 0.25) is 5.78 Å². The molecular weight excluding hydrogens is 547 g/mol. The fourth-order valence-corrected chi connectivity index (χ4v) is 6.21. The molecule has 0 bridgehead atoms. The van der Waals surface area contributed by atoms with Crippen LogP contribution in [0.1, 0.15) is 16.7 Å². The van der Waals surface area contributed by atoms with E-state index in [1.54, 1.807) is 13.0 Å². The van der Waals surface area contributed by atoms with Gasteiger partial charge in [-0.15, -0.1) is 0 Å². The molecule has 0 spiro atoms. The number of benzene rings is 1.